The van der Waals surface area contributed by atoms with Gasteiger partial charge in [-0.05, 0) is 85.2 Å². The molecule has 8 heteroatoms. The van der Waals surface area contributed by atoms with Gasteiger partial charge in [0.05, 0.1) is 12.6 Å². The molecule has 0 fully saturated rings. The van der Waals surface area contributed by atoms with Gasteiger partial charge in [0.1, 0.15) is 6.61 Å². The predicted octanol–water partition coefficient (Wildman–Crippen LogP) is 6.21. The standard InChI is InChI=1S/C29H35Cl2N3O3/c1-4-34(5-2)28(35)18-33-12-10-21(11-13-33)23-7-6-22-8-9-27(26(22)16-23)32(3)29(36)37-19-20-14-24(30)17-25(31)15-20/h6-7,10,14-17,27H,4-5,8-9,11-13,18-19H2,1-3H3. The first-order valence-corrected chi connectivity index (χ1v) is 13.7. The monoisotopic (exact) mass is 543 g/mol. The first-order chi connectivity index (χ1) is 17.8. The summed E-state index contributed by atoms with van der Waals surface area (Å²) >= 11 is 12.1. The molecule has 0 aromatic heterocycles. The molecule has 4 rings (SSSR count). The zero-order valence-electron chi connectivity index (χ0n) is 21.8. The summed E-state index contributed by atoms with van der Waals surface area (Å²) in [6.07, 6.45) is 4.56. The van der Waals surface area contributed by atoms with E-state index in [2.05, 4.69) is 29.2 Å². The third-order valence-corrected chi connectivity index (χ3v) is 7.81. The van der Waals surface area contributed by atoms with Gasteiger partial charge in [0.15, 0.2) is 0 Å². The molecule has 1 unspecified atom stereocenters. The van der Waals surface area contributed by atoms with Crippen LogP contribution < -0.4 is 0 Å². The largest absolute Gasteiger partial charge is 0.445 e. The Hall–Kier alpha value is -2.54. The number of carbonyl (C=O) groups excluding carboxylic acids is 2. The van der Waals surface area contributed by atoms with Gasteiger partial charge in [-0.15, -0.1) is 0 Å². The van der Waals surface area contributed by atoms with Crippen LogP contribution in [0.4, 0.5) is 4.79 Å². The summed E-state index contributed by atoms with van der Waals surface area (Å²) in [4.78, 5) is 31.1. The quantitative estimate of drug-likeness (QED) is 0.397. The summed E-state index contributed by atoms with van der Waals surface area (Å²) in [6, 6.07) is 11.7. The van der Waals surface area contributed by atoms with Gasteiger partial charge in [0.2, 0.25) is 5.91 Å². The number of amides is 2. The second kappa shape index (κ2) is 12.3. The van der Waals surface area contributed by atoms with Crippen LogP contribution in [0.5, 0.6) is 0 Å². The Kier molecular flexibility index (Phi) is 9.17. The van der Waals surface area contributed by atoms with Crippen molar-refractivity contribution in [2.24, 2.45) is 0 Å². The maximum Gasteiger partial charge on any atom is 0.410 e. The molecule has 37 heavy (non-hydrogen) atoms. The van der Waals surface area contributed by atoms with Gasteiger partial charge < -0.3 is 14.5 Å². The normalized spacial score (nSPS) is 17.2. The minimum Gasteiger partial charge on any atom is -0.445 e. The van der Waals surface area contributed by atoms with Crippen molar-refractivity contribution in [2.45, 2.75) is 45.8 Å². The average molecular weight is 545 g/mol. The fourth-order valence-electron chi connectivity index (χ4n) is 5.24. The van der Waals surface area contributed by atoms with Crippen molar-refractivity contribution < 1.29 is 14.3 Å². The van der Waals surface area contributed by atoms with E-state index in [0.29, 0.717) is 16.6 Å². The average Bonchev–Trinajstić information content (AvgIpc) is 3.30. The van der Waals surface area contributed by atoms with Gasteiger partial charge in [-0.3, -0.25) is 9.69 Å². The van der Waals surface area contributed by atoms with Crippen LogP contribution in [0.2, 0.25) is 10.0 Å². The number of hydrogen-bond donors (Lipinski definition) is 0. The SMILES string of the molecule is CCN(CC)C(=O)CN1CC=C(c2ccc3c(c2)C(N(C)C(=O)OCc2cc(Cl)cc(Cl)c2)CC3)CC1. The summed E-state index contributed by atoms with van der Waals surface area (Å²) < 4.78 is 5.57. The van der Waals surface area contributed by atoms with Crippen LogP contribution in [0.3, 0.4) is 0 Å². The molecule has 0 saturated carbocycles. The lowest BCUT2D eigenvalue weighted by atomic mass is 9.95. The number of benzene rings is 2. The highest BCUT2D eigenvalue weighted by molar-refractivity contribution is 6.34. The maximum absolute atomic E-state index is 12.9. The van der Waals surface area contributed by atoms with Crippen molar-refractivity contribution in [1.29, 1.82) is 0 Å². The van der Waals surface area contributed by atoms with Gasteiger partial charge in [0.25, 0.3) is 0 Å². The third kappa shape index (κ3) is 6.67. The van der Waals surface area contributed by atoms with Crippen LogP contribution in [0.1, 0.15) is 55.0 Å². The molecular weight excluding hydrogens is 509 g/mol. The number of rotatable bonds is 8. The van der Waals surface area contributed by atoms with Crippen LogP contribution in [-0.2, 0) is 22.6 Å². The second-order valence-corrected chi connectivity index (χ2v) is 10.6. The highest BCUT2D eigenvalue weighted by Gasteiger charge is 2.30. The molecule has 2 amide bonds. The summed E-state index contributed by atoms with van der Waals surface area (Å²) in [5.74, 6) is 0.190. The molecule has 0 radical (unpaired) electrons. The van der Waals surface area contributed by atoms with E-state index in [-0.39, 0.29) is 24.6 Å². The molecule has 6 nitrogen and oxygen atoms in total. The maximum atomic E-state index is 12.9. The highest BCUT2D eigenvalue weighted by atomic mass is 35.5. The van der Waals surface area contributed by atoms with Gasteiger partial charge in [-0.25, -0.2) is 4.79 Å². The smallest absolute Gasteiger partial charge is 0.410 e. The minimum atomic E-state index is -0.371. The van der Waals surface area contributed by atoms with E-state index < -0.39 is 0 Å². The van der Waals surface area contributed by atoms with Crippen LogP contribution in [-0.4, -0.2) is 66.5 Å². The van der Waals surface area contributed by atoms with Gasteiger partial charge in [0, 0.05) is 43.3 Å². The molecule has 1 aliphatic carbocycles. The number of ether oxygens (including phenoxy) is 1. The van der Waals surface area contributed by atoms with Gasteiger partial charge in [-0.2, -0.15) is 0 Å². The number of fused-ring (bicyclic) bond motifs is 1. The van der Waals surface area contributed by atoms with Crippen LogP contribution in [0, 0.1) is 0 Å². The molecular formula is C29H35Cl2N3O3. The molecule has 2 aromatic rings. The number of aryl methyl sites for hydroxylation is 1. The second-order valence-electron chi connectivity index (χ2n) is 9.69. The van der Waals surface area contributed by atoms with E-state index >= 15 is 0 Å². The summed E-state index contributed by atoms with van der Waals surface area (Å²) in [7, 11) is 1.80. The first-order valence-electron chi connectivity index (χ1n) is 13.0. The number of nitrogens with zero attached hydrogens (tertiary/aromatic N) is 3. The Morgan fingerprint density at radius 2 is 1.78 bits per heavy atom. The Morgan fingerprint density at radius 3 is 2.43 bits per heavy atom. The Labute approximate surface area is 229 Å². The number of halogens is 2. The van der Waals surface area contributed by atoms with Crippen LogP contribution in [0.25, 0.3) is 5.57 Å². The molecule has 2 aliphatic rings. The topological polar surface area (TPSA) is 53.1 Å². The lowest BCUT2D eigenvalue weighted by molar-refractivity contribution is -0.131. The van der Waals surface area contributed by atoms with Crippen molar-refractivity contribution >= 4 is 40.8 Å². The zero-order chi connectivity index (χ0) is 26.5. The lowest BCUT2D eigenvalue weighted by Crippen LogP contribution is -2.41. The molecule has 0 spiro atoms. The lowest BCUT2D eigenvalue weighted by Gasteiger charge is -2.29. The minimum absolute atomic E-state index is 0.0298. The van der Waals surface area contributed by atoms with Crippen LogP contribution >= 0.6 is 23.2 Å². The molecule has 2 aromatic carbocycles. The van der Waals surface area contributed by atoms with E-state index in [1.165, 1.54) is 22.3 Å². The fraction of sp³-hybridized carbons (Fsp3) is 0.448. The molecule has 1 aliphatic heterocycles. The molecule has 0 saturated heterocycles. The predicted molar refractivity (Wildman–Crippen MR) is 149 cm³/mol. The van der Waals surface area contributed by atoms with E-state index in [9.17, 15) is 9.59 Å². The van der Waals surface area contributed by atoms with Gasteiger partial charge in [-0.1, -0.05) is 41.4 Å². The first kappa shape index (κ1) is 27.5. The highest BCUT2D eigenvalue weighted by Crippen LogP contribution is 2.38. The molecule has 198 valence electrons. The molecule has 1 atom stereocenters. The molecule has 0 bridgehead atoms. The summed E-state index contributed by atoms with van der Waals surface area (Å²) in [6.45, 7) is 7.73. The number of likely N-dealkylation sites (N-methyl/N-ethyl adjacent to an activating group) is 1. The molecule has 1 heterocycles. The third-order valence-electron chi connectivity index (χ3n) is 7.37. The van der Waals surface area contributed by atoms with E-state index in [0.717, 1.165) is 51.0 Å². The van der Waals surface area contributed by atoms with Crippen molar-refractivity contribution in [3.05, 3.63) is 74.8 Å². The number of carbonyl (C=O) groups is 2. The van der Waals surface area contributed by atoms with E-state index in [1.54, 1.807) is 30.1 Å². The molecule has 0 N–H and O–H groups in total. The summed E-state index contributed by atoms with van der Waals surface area (Å²) in [5.41, 5.74) is 5.70. The Balaban J connectivity index is 1.39. The fourth-order valence-corrected chi connectivity index (χ4v) is 5.81. The van der Waals surface area contributed by atoms with Crippen LogP contribution in [0.15, 0.2) is 42.5 Å². The van der Waals surface area contributed by atoms with Crippen molar-refractivity contribution in [3.63, 3.8) is 0 Å². The van der Waals surface area contributed by atoms with Gasteiger partial charge >= 0.3 is 6.09 Å². The van der Waals surface area contributed by atoms with E-state index in [1.807, 2.05) is 18.7 Å². The van der Waals surface area contributed by atoms with Crippen molar-refractivity contribution in [3.8, 4) is 0 Å². The van der Waals surface area contributed by atoms with E-state index in [4.69, 9.17) is 27.9 Å². The Morgan fingerprint density at radius 1 is 1.05 bits per heavy atom. The van der Waals surface area contributed by atoms with Crippen molar-refractivity contribution in [2.75, 3.05) is 39.8 Å². The Bertz CT molecular complexity index is 1160. The zero-order valence-corrected chi connectivity index (χ0v) is 23.3. The number of hydrogen-bond acceptors (Lipinski definition) is 4. The summed E-state index contributed by atoms with van der Waals surface area (Å²) in [5, 5.41) is 1.03. The van der Waals surface area contributed by atoms with Crippen molar-refractivity contribution in [1.82, 2.24) is 14.7 Å².